The molecule has 4 aromatic rings. The van der Waals surface area contributed by atoms with Crippen LogP contribution in [0.2, 0.25) is 0 Å². The van der Waals surface area contributed by atoms with Crippen molar-refractivity contribution < 1.29 is 18.8 Å². The van der Waals surface area contributed by atoms with Gasteiger partial charge in [0.1, 0.15) is 11.3 Å². The normalized spacial score (nSPS) is 15.6. The quantitative estimate of drug-likeness (QED) is 0.388. The van der Waals surface area contributed by atoms with E-state index in [2.05, 4.69) is 9.88 Å². The minimum atomic E-state index is -0.764. The molecule has 1 aliphatic rings. The van der Waals surface area contributed by atoms with Gasteiger partial charge in [0.25, 0.3) is 11.8 Å². The molecule has 7 nitrogen and oxygen atoms in total. The van der Waals surface area contributed by atoms with Gasteiger partial charge in [0.05, 0.1) is 12.8 Å². The largest absolute Gasteiger partial charge is 0.467 e. The summed E-state index contributed by atoms with van der Waals surface area (Å²) in [5.74, 6) is -0.924. The Balaban J connectivity index is 1.53. The van der Waals surface area contributed by atoms with E-state index in [4.69, 9.17) is 4.42 Å². The standard InChI is InChI=1S/C25H19N3O4/c29-23-21(24(30)28(25(31)26-23)16-19-9-6-12-32-19)13-18-15-27(14-17-7-2-1-3-8-17)22-11-5-4-10-20(18)22/h1-13,15H,14,16H2,(H,26,29,31)/b21-13+. The van der Waals surface area contributed by atoms with Crippen LogP contribution in [0.4, 0.5) is 4.79 Å². The average molecular weight is 425 g/mol. The van der Waals surface area contributed by atoms with Crippen molar-refractivity contribution in [2.24, 2.45) is 0 Å². The Morgan fingerprint density at radius 3 is 2.44 bits per heavy atom. The summed E-state index contributed by atoms with van der Waals surface area (Å²) in [5, 5.41) is 3.16. The summed E-state index contributed by atoms with van der Waals surface area (Å²) in [6, 6.07) is 20.4. The van der Waals surface area contributed by atoms with E-state index in [9.17, 15) is 14.4 Å². The molecule has 0 unspecified atom stereocenters. The molecule has 1 N–H and O–H groups in total. The Morgan fingerprint density at radius 1 is 0.875 bits per heavy atom. The molecule has 7 heteroatoms. The third-order valence-corrected chi connectivity index (χ3v) is 5.39. The predicted octanol–water partition coefficient (Wildman–Crippen LogP) is 3.94. The Kier molecular flexibility index (Phi) is 4.91. The molecule has 0 bridgehead atoms. The molecule has 0 saturated carbocycles. The number of imide groups is 2. The van der Waals surface area contributed by atoms with Crippen molar-refractivity contribution >= 4 is 34.8 Å². The first kappa shape index (κ1) is 19.6. The fraction of sp³-hybridized carbons (Fsp3) is 0.0800. The van der Waals surface area contributed by atoms with Crippen LogP contribution in [0, 0.1) is 0 Å². The van der Waals surface area contributed by atoms with Gasteiger partial charge in [-0.2, -0.15) is 0 Å². The van der Waals surface area contributed by atoms with Gasteiger partial charge in [0.15, 0.2) is 0 Å². The number of nitrogens with one attached hydrogen (secondary N) is 1. The first-order valence-corrected chi connectivity index (χ1v) is 10.1. The zero-order valence-electron chi connectivity index (χ0n) is 17.0. The maximum Gasteiger partial charge on any atom is 0.331 e. The second kappa shape index (κ2) is 8.03. The van der Waals surface area contributed by atoms with E-state index < -0.39 is 17.8 Å². The van der Waals surface area contributed by atoms with Crippen LogP contribution in [0.15, 0.2) is 89.2 Å². The number of furan rings is 1. The molecule has 1 fully saturated rings. The number of carbonyl (C=O) groups excluding carboxylic acids is 3. The molecule has 4 amide bonds. The number of amides is 4. The molecule has 0 aliphatic carbocycles. The van der Waals surface area contributed by atoms with E-state index in [1.807, 2.05) is 60.8 Å². The molecule has 32 heavy (non-hydrogen) atoms. The number of aromatic nitrogens is 1. The third-order valence-electron chi connectivity index (χ3n) is 5.39. The van der Waals surface area contributed by atoms with Crippen LogP contribution in [-0.4, -0.2) is 27.3 Å². The highest BCUT2D eigenvalue weighted by atomic mass is 16.3. The van der Waals surface area contributed by atoms with Crippen molar-refractivity contribution in [2.45, 2.75) is 13.1 Å². The van der Waals surface area contributed by atoms with E-state index in [1.54, 1.807) is 18.2 Å². The zero-order chi connectivity index (χ0) is 22.1. The topological polar surface area (TPSA) is 84.6 Å². The van der Waals surface area contributed by atoms with Crippen molar-refractivity contribution in [3.63, 3.8) is 0 Å². The van der Waals surface area contributed by atoms with Gasteiger partial charge in [-0.1, -0.05) is 48.5 Å². The highest BCUT2D eigenvalue weighted by molar-refractivity contribution is 6.31. The Hall–Kier alpha value is -4.39. The number of hydrogen-bond acceptors (Lipinski definition) is 4. The minimum absolute atomic E-state index is 0.0575. The van der Waals surface area contributed by atoms with Gasteiger partial charge >= 0.3 is 6.03 Å². The number of nitrogens with zero attached hydrogens (tertiary/aromatic N) is 2. The van der Waals surface area contributed by atoms with Gasteiger partial charge in [-0.15, -0.1) is 0 Å². The molecule has 0 radical (unpaired) electrons. The number of barbiturate groups is 1. The van der Waals surface area contributed by atoms with Crippen molar-refractivity contribution in [3.05, 3.63) is 102 Å². The first-order valence-electron chi connectivity index (χ1n) is 10.1. The van der Waals surface area contributed by atoms with Gasteiger partial charge < -0.3 is 8.98 Å². The van der Waals surface area contributed by atoms with Crippen molar-refractivity contribution in [1.82, 2.24) is 14.8 Å². The number of para-hydroxylation sites is 1. The summed E-state index contributed by atoms with van der Waals surface area (Å²) in [7, 11) is 0. The van der Waals surface area contributed by atoms with Crippen LogP contribution in [0.5, 0.6) is 0 Å². The summed E-state index contributed by atoms with van der Waals surface area (Å²) in [6.45, 7) is 0.589. The number of fused-ring (bicyclic) bond motifs is 1. The van der Waals surface area contributed by atoms with E-state index >= 15 is 0 Å². The fourth-order valence-corrected chi connectivity index (χ4v) is 3.85. The minimum Gasteiger partial charge on any atom is -0.467 e. The number of carbonyl (C=O) groups is 3. The maximum atomic E-state index is 13.0. The molecule has 5 rings (SSSR count). The van der Waals surface area contributed by atoms with Gasteiger partial charge in [-0.05, 0) is 29.8 Å². The second-order valence-corrected chi connectivity index (χ2v) is 7.50. The van der Waals surface area contributed by atoms with E-state index in [0.29, 0.717) is 12.3 Å². The van der Waals surface area contributed by atoms with Crippen LogP contribution < -0.4 is 5.32 Å². The number of rotatable bonds is 5. The van der Waals surface area contributed by atoms with Crippen LogP contribution in [0.25, 0.3) is 17.0 Å². The molecule has 1 saturated heterocycles. The Morgan fingerprint density at radius 2 is 1.66 bits per heavy atom. The summed E-state index contributed by atoms with van der Waals surface area (Å²) in [4.78, 5) is 38.8. The summed E-state index contributed by atoms with van der Waals surface area (Å²) < 4.78 is 7.33. The van der Waals surface area contributed by atoms with Crippen molar-refractivity contribution in [2.75, 3.05) is 0 Å². The van der Waals surface area contributed by atoms with Gasteiger partial charge in [-0.25, -0.2) is 4.79 Å². The van der Waals surface area contributed by atoms with E-state index in [0.717, 1.165) is 26.9 Å². The molecule has 0 atom stereocenters. The number of urea groups is 1. The molecule has 158 valence electrons. The highest BCUT2D eigenvalue weighted by Gasteiger charge is 2.36. The van der Waals surface area contributed by atoms with Crippen LogP contribution >= 0.6 is 0 Å². The van der Waals surface area contributed by atoms with E-state index in [1.165, 1.54) is 6.26 Å². The summed E-state index contributed by atoms with van der Waals surface area (Å²) in [5.41, 5.74) is 2.74. The summed E-state index contributed by atoms with van der Waals surface area (Å²) >= 11 is 0. The fourth-order valence-electron chi connectivity index (χ4n) is 3.85. The molecule has 0 spiro atoms. The van der Waals surface area contributed by atoms with Gasteiger partial charge in [-0.3, -0.25) is 19.8 Å². The van der Waals surface area contributed by atoms with Crippen molar-refractivity contribution in [3.8, 4) is 0 Å². The maximum absolute atomic E-state index is 13.0. The van der Waals surface area contributed by atoms with Crippen LogP contribution in [0.1, 0.15) is 16.9 Å². The van der Waals surface area contributed by atoms with E-state index in [-0.39, 0.29) is 12.1 Å². The number of hydrogen-bond donors (Lipinski definition) is 1. The van der Waals surface area contributed by atoms with Gasteiger partial charge in [0, 0.05) is 29.2 Å². The second-order valence-electron chi connectivity index (χ2n) is 7.50. The molecule has 3 heterocycles. The van der Waals surface area contributed by atoms with Crippen molar-refractivity contribution in [1.29, 1.82) is 0 Å². The predicted molar refractivity (Wildman–Crippen MR) is 118 cm³/mol. The lowest BCUT2D eigenvalue weighted by atomic mass is 10.1. The highest BCUT2D eigenvalue weighted by Crippen LogP contribution is 2.26. The molecule has 1 aliphatic heterocycles. The smallest absolute Gasteiger partial charge is 0.331 e. The lowest BCUT2D eigenvalue weighted by Gasteiger charge is -2.25. The third kappa shape index (κ3) is 3.60. The molecule has 2 aromatic carbocycles. The Bertz CT molecular complexity index is 1350. The van der Waals surface area contributed by atoms with Gasteiger partial charge in [0.2, 0.25) is 0 Å². The molecule has 2 aromatic heterocycles. The SMILES string of the molecule is O=C1NC(=O)N(Cc2ccco2)C(=O)/C1=C/c1cn(Cc2ccccc2)c2ccccc12. The Labute approximate surface area is 183 Å². The van der Waals surface area contributed by atoms with Crippen LogP contribution in [0.3, 0.4) is 0 Å². The molecular formula is C25H19N3O4. The average Bonchev–Trinajstić information content (AvgIpc) is 3.43. The lowest BCUT2D eigenvalue weighted by molar-refractivity contribution is -0.130. The summed E-state index contributed by atoms with van der Waals surface area (Å²) in [6.07, 6.45) is 4.92. The zero-order valence-corrected chi connectivity index (χ0v) is 17.0. The monoisotopic (exact) mass is 425 g/mol. The number of benzene rings is 2. The van der Waals surface area contributed by atoms with Crippen LogP contribution in [-0.2, 0) is 22.7 Å². The molecular weight excluding hydrogens is 406 g/mol. The first-order chi connectivity index (χ1) is 15.6. The lowest BCUT2D eigenvalue weighted by Crippen LogP contribution is -2.53.